The lowest BCUT2D eigenvalue weighted by atomic mass is 10.7. The Bertz CT molecular complexity index is 101. The number of hydrogen-bond acceptors (Lipinski definition) is 4. The van der Waals surface area contributed by atoms with Crippen molar-refractivity contribution in [2.75, 3.05) is 14.1 Å². The van der Waals surface area contributed by atoms with E-state index in [1.54, 1.807) is 14.1 Å². The number of carbonyl (C=O) groups is 1. The lowest BCUT2D eigenvalue weighted by Crippen LogP contribution is -2.16. The number of carbonyl (C=O) groups excluding carboxylic acids is 1. The van der Waals surface area contributed by atoms with E-state index in [1.807, 2.05) is 0 Å². The molecular weight excluding hydrogens is 120 g/mol. The molecule has 3 N–H and O–H groups in total. The van der Waals surface area contributed by atoms with Crippen LogP contribution in [0.2, 0.25) is 0 Å². The molecule has 54 valence electrons. The Morgan fingerprint density at radius 3 is 2.22 bits per heavy atom. The second-order valence-electron chi connectivity index (χ2n) is 1.43. The molecule has 0 aromatic carbocycles. The van der Waals surface area contributed by atoms with Gasteiger partial charge in [-0.15, -0.1) is 5.06 Å². The molecule has 0 saturated carbocycles. The zero-order valence-corrected chi connectivity index (χ0v) is 5.76. The van der Waals surface area contributed by atoms with E-state index in [0.29, 0.717) is 0 Å². The van der Waals surface area contributed by atoms with Crippen LogP contribution in [-0.2, 0) is 9.63 Å². The first-order valence-corrected chi connectivity index (χ1v) is 2.18. The summed E-state index contributed by atoms with van der Waals surface area (Å²) in [6.07, 6.45) is 1.11. The average Bonchev–Trinajstić information content (AvgIpc) is 1.65. The molecule has 0 fully saturated rings. The molecule has 0 amide bonds. The molecule has 4 heteroatoms. The van der Waals surface area contributed by atoms with Crippen LogP contribution in [0.1, 0.15) is 0 Å². The molecule has 0 saturated heterocycles. The summed E-state index contributed by atoms with van der Waals surface area (Å²) in [6.45, 7) is 3.21. The smallest absolute Gasteiger partial charge is 0.349 e. The highest BCUT2D eigenvalue weighted by atomic mass is 16.7. The normalized spacial score (nSPS) is 7.89. The predicted octanol–water partition coefficient (Wildman–Crippen LogP) is 0.354. The van der Waals surface area contributed by atoms with Gasteiger partial charge in [-0.2, -0.15) is 0 Å². The maximum Gasteiger partial charge on any atom is 0.349 e. The fourth-order valence-electron chi connectivity index (χ4n) is 0.217. The number of hydrogen-bond donors (Lipinski definition) is 1. The molecule has 0 bridgehead atoms. The first kappa shape index (κ1) is 11.0. The Hall–Kier alpha value is -0.870. The average molecular weight is 132 g/mol. The minimum absolute atomic E-state index is 0. The molecule has 0 atom stereocenters. The predicted molar refractivity (Wildman–Crippen MR) is 35.0 cm³/mol. The van der Waals surface area contributed by atoms with E-state index < -0.39 is 5.97 Å². The van der Waals surface area contributed by atoms with Gasteiger partial charge in [0.2, 0.25) is 0 Å². The van der Waals surface area contributed by atoms with Gasteiger partial charge in [-0.1, -0.05) is 6.58 Å². The van der Waals surface area contributed by atoms with Gasteiger partial charge in [-0.05, 0) is 0 Å². The molecule has 0 aliphatic carbocycles. The summed E-state index contributed by atoms with van der Waals surface area (Å²) in [4.78, 5) is 14.7. The van der Waals surface area contributed by atoms with Crippen LogP contribution in [0.5, 0.6) is 0 Å². The Kier molecular flexibility index (Phi) is 6.44. The van der Waals surface area contributed by atoms with Gasteiger partial charge in [-0.25, -0.2) is 4.79 Å². The Balaban J connectivity index is 0. The monoisotopic (exact) mass is 132 g/mol. The highest BCUT2D eigenvalue weighted by Crippen LogP contribution is 1.79. The third-order valence-corrected chi connectivity index (χ3v) is 0.439. The van der Waals surface area contributed by atoms with Crippen molar-refractivity contribution in [3.63, 3.8) is 0 Å². The highest BCUT2D eigenvalue weighted by molar-refractivity contribution is 5.80. The lowest BCUT2D eigenvalue weighted by Gasteiger charge is -2.05. The number of hydroxylamine groups is 2. The van der Waals surface area contributed by atoms with Gasteiger partial charge >= 0.3 is 5.97 Å². The van der Waals surface area contributed by atoms with Crippen molar-refractivity contribution in [3.05, 3.63) is 12.7 Å². The van der Waals surface area contributed by atoms with Crippen molar-refractivity contribution in [1.82, 2.24) is 11.2 Å². The van der Waals surface area contributed by atoms with Crippen molar-refractivity contribution in [1.29, 1.82) is 0 Å². The molecular formula is C5H12N2O2. The van der Waals surface area contributed by atoms with Crippen molar-refractivity contribution >= 4 is 5.97 Å². The van der Waals surface area contributed by atoms with Crippen molar-refractivity contribution in [3.8, 4) is 0 Å². The summed E-state index contributed by atoms with van der Waals surface area (Å²) in [5.74, 6) is -0.435. The molecule has 0 heterocycles. The molecule has 0 unspecified atom stereocenters. The van der Waals surface area contributed by atoms with E-state index >= 15 is 0 Å². The van der Waals surface area contributed by atoms with Gasteiger partial charge in [0, 0.05) is 20.2 Å². The maximum absolute atomic E-state index is 10.2. The molecule has 0 aromatic heterocycles. The Morgan fingerprint density at radius 2 is 2.11 bits per heavy atom. The topological polar surface area (TPSA) is 64.5 Å². The first-order valence-electron chi connectivity index (χ1n) is 2.18. The lowest BCUT2D eigenvalue weighted by molar-refractivity contribution is -0.171. The minimum Gasteiger partial charge on any atom is -0.365 e. The second kappa shape index (κ2) is 5.27. The molecule has 0 aliphatic rings. The van der Waals surface area contributed by atoms with Crippen LogP contribution < -0.4 is 6.15 Å². The van der Waals surface area contributed by atoms with Gasteiger partial charge in [0.05, 0.1) is 0 Å². The van der Waals surface area contributed by atoms with Gasteiger partial charge in [0.1, 0.15) is 0 Å². The molecule has 0 rings (SSSR count). The summed E-state index contributed by atoms with van der Waals surface area (Å²) >= 11 is 0. The summed E-state index contributed by atoms with van der Waals surface area (Å²) in [5.41, 5.74) is 0. The van der Waals surface area contributed by atoms with Crippen LogP contribution in [0, 0.1) is 0 Å². The SMILES string of the molecule is C=CC(=O)ON(C)C.N. The number of nitrogens with zero attached hydrogens (tertiary/aromatic N) is 1. The third-order valence-electron chi connectivity index (χ3n) is 0.439. The molecule has 0 aromatic rings. The van der Waals surface area contributed by atoms with Crippen LogP contribution in [0.15, 0.2) is 12.7 Å². The van der Waals surface area contributed by atoms with E-state index in [0.717, 1.165) is 6.08 Å². The van der Waals surface area contributed by atoms with E-state index in [1.165, 1.54) is 5.06 Å². The zero-order valence-electron chi connectivity index (χ0n) is 5.76. The van der Waals surface area contributed by atoms with Crippen molar-refractivity contribution in [2.24, 2.45) is 0 Å². The van der Waals surface area contributed by atoms with Crippen molar-refractivity contribution in [2.45, 2.75) is 0 Å². The summed E-state index contributed by atoms with van der Waals surface area (Å²) < 4.78 is 0. The third kappa shape index (κ3) is 7.13. The molecule has 0 radical (unpaired) electrons. The second-order valence-corrected chi connectivity index (χ2v) is 1.43. The number of rotatable bonds is 2. The van der Waals surface area contributed by atoms with Crippen LogP contribution in [0.4, 0.5) is 0 Å². The standard InChI is InChI=1S/C5H9NO2.H3N/c1-4-5(7)8-6(2)3;/h4H,1H2,2-3H3;1H3. The quantitative estimate of drug-likeness (QED) is 0.435. The van der Waals surface area contributed by atoms with Crippen LogP contribution in [0.3, 0.4) is 0 Å². The van der Waals surface area contributed by atoms with Crippen LogP contribution in [0.25, 0.3) is 0 Å². The summed E-state index contributed by atoms with van der Waals surface area (Å²) in [5, 5.41) is 1.31. The summed E-state index contributed by atoms with van der Waals surface area (Å²) in [7, 11) is 3.25. The van der Waals surface area contributed by atoms with E-state index in [-0.39, 0.29) is 6.15 Å². The Morgan fingerprint density at radius 1 is 1.67 bits per heavy atom. The molecule has 9 heavy (non-hydrogen) atoms. The first-order chi connectivity index (χ1) is 3.66. The van der Waals surface area contributed by atoms with Crippen molar-refractivity contribution < 1.29 is 9.63 Å². The van der Waals surface area contributed by atoms with E-state index in [4.69, 9.17) is 0 Å². The van der Waals surface area contributed by atoms with Crippen LogP contribution >= 0.6 is 0 Å². The van der Waals surface area contributed by atoms with Crippen LogP contribution in [-0.4, -0.2) is 25.1 Å². The van der Waals surface area contributed by atoms with E-state index in [2.05, 4.69) is 11.4 Å². The molecule has 0 spiro atoms. The maximum atomic E-state index is 10.2. The fraction of sp³-hybridized carbons (Fsp3) is 0.400. The Labute approximate surface area is 54.6 Å². The van der Waals surface area contributed by atoms with Gasteiger partial charge in [0.25, 0.3) is 0 Å². The molecule has 0 aliphatic heterocycles. The fourth-order valence-corrected chi connectivity index (χ4v) is 0.217. The highest BCUT2D eigenvalue weighted by Gasteiger charge is 1.94. The zero-order chi connectivity index (χ0) is 6.57. The summed E-state index contributed by atoms with van der Waals surface area (Å²) in [6, 6.07) is 0. The largest absolute Gasteiger partial charge is 0.365 e. The minimum atomic E-state index is -0.435. The van der Waals surface area contributed by atoms with Gasteiger partial charge in [-0.3, -0.25) is 0 Å². The van der Waals surface area contributed by atoms with Gasteiger partial charge in [0.15, 0.2) is 0 Å². The van der Waals surface area contributed by atoms with E-state index in [9.17, 15) is 4.79 Å². The molecule has 4 nitrogen and oxygen atoms in total. The van der Waals surface area contributed by atoms with Gasteiger partial charge < -0.3 is 11.0 Å².